The molecular formula is C15H21N3O3. The van der Waals surface area contributed by atoms with Crippen LogP contribution in [0.1, 0.15) is 11.1 Å². The highest BCUT2D eigenvalue weighted by Crippen LogP contribution is 2.36. The molecule has 1 aromatic rings. The Balaban J connectivity index is 2.63. The SMILES string of the molecule is CN[C@H]1CN(C)c2cc(C)cc(C)c2N(CC(=O)O)C1=O. The van der Waals surface area contributed by atoms with Crippen LogP contribution in [0, 0.1) is 13.8 Å². The molecule has 6 nitrogen and oxygen atoms in total. The van der Waals surface area contributed by atoms with Crippen LogP contribution in [0.2, 0.25) is 0 Å². The number of nitrogens with zero attached hydrogens (tertiary/aromatic N) is 2. The number of carbonyl (C=O) groups is 2. The molecule has 21 heavy (non-hydrogen) atoms. The molecule has 0 saturated heterocycles. The minimum absolute atomic E-state index is 0.211. The molecule has 6 heteroatoms. The third-order valence-electron chi connectivity index (χ3n) is 3.77. The van der Waals surface area contributed by atoms with Gasteiger partial charge in [-0.1, -0.05) is 6.07 Å². The van der Waals surface area contributed by atoms with Crippen molar-refractivity contribution in [2.24, 2.45) is 0 Å². The topological polar surface area (TPSA) is 72.9 Å². The van der Waals surface area contributed by atoms with Gasteiger partial charge in [-0.3, -0.25) is 14.5 Å². The van der Waals surface area contributed by atoms with Crippen LogP contribution in [-0.2, 0) is 9.59 Å². The Morgan fingerprint density at radius 2 is 2.10 bits per heavy atom. The second kappa shape index (κ2) is 5.73. The zero-order valence-corrected chi connectivity index (χ0v) is 12.8. The third-order valence-corrected chi connectivity index (χ3v) is 3.77. The van der Waals surface area contributed by atoms with E-state index in [4.69, 9.17) is 5.11 Å². The van der Waals surface area contributed by atoms with Gasteiger partial charge in [0.1, 0.15) is 12.6 Å². The Morgan fingerprint density at radius 3 is 2.67 bits per heavy atom. The van der Waals surface area contributed by atoms with Crippen LogP contribution in [0.4, 0.5) is 11.4 Å². The summed E-state index contributed by atoms with van der Waals surface area (Å²) in [6, 6.07) is 3.53. The molecule has 0 aliphatic carbocycles. The van der Waals surface area contributed by atoms with Gasteiger partial charge in [-0.05, 0) is 38.1 Å². The Morgan fingerprint density at radius 1 is 1.43 bits per heavy atom. The lowest BCUT2D eigenvalue weighted by atomic mass is 10.1. The summed E-state index contributed by atoms with van der Waals surface area (Å²) in [5.41, 5.74) is 3.57. The van der Waals surface area contributed by atoms with Crippen LogP contribution in [0.3, 0.4) is 0 Å². The summed E-state index contributed by atoms with van der Waals surface area (Å²) >= 11 is 0. The number of likely N-dealkylation sites (N-methyl/N-ethyl adjacent to an activating group) is 2. The molecule has 2 rings (SSSR count). The first-order valence-corrected chi connectivity index (χ1v) is 6.88. The number of carboxylic acid groups (broad SMARTS) is 1. The summed E-state index contributed by atoms with van der Waals surface area (Å²) in [7, 11) is 3.63. The summed E-state index contributed by atoms with van der Waals surface area (Å²) in [5.74, 6) is -1.23. The number of nitrogens with one attached hydrogen (secondary N) is 1. The van der Waals surface area contributed by atoms with Crippen LogP contribution in [-0.4, -0.2) is 50.2 Å². The van der Waals surface area contributed by atoms with Crippen molar-refractivity contribution < 1.29 is 14.7 Å². The maximum absolute atomic E-state index is 12.6. The Hall–Kier alpha value is -2.08. The van der Waals surface area contributed by atoms with Crippen molar-refractivity contribution in [3.63, 3.8) is 0 Å². The number of aliphatic carboxylic acids is 1. The molecule has 1 aliphatic rings. The van der Waals surface area contributed by atoms with Crippen LogP contribution in [0.25, 0.3) is 0 Å². The number of rotatable bonds is 3. The number of aryl methyl sites for hydroxylation is 2. The largest absolute Gasteiger partial charge is 0.480 e. The first-order valence-electron chi connectivity index (χ1n) is 6.88. The van der Waals surface area contributed by atoms with Crippen molar-refractivity contribution in [2.75, 3.05) is 37.0 Å². The van der Waals surface area contributed by atoms with Gasteiger partial charge in [0, 0.05) is 13.6 Å². The fraction of sp³-hybridized carbons (Fsp3) is 0.467. The number of fused-ring (bicyclic) bond motifs is 1. The molecule has 0 unspecified atom stereocenters. The Kier molecular flexibility index (Phi) is 4.18. The van der Waals surface area contributed by atoms with Crippen LogP contribution >= 0.6 is 0 Å². The third kappa shape index (κ3) is 2.85. The predicted octanol–water partition coefficient (Wildman–Crippen LogP) is 0.759. The molecule has 1 aliphatic heterocycles. The van der Waals surface area contributed by atoms with E-state index in [0.29, 0.717) is 12.2 Å². The maximum atomic E-state index is 12.6. The van der Waals surface area contributed by atoms with Gasteiger partial charge in [0.15, 0.2) is 0 Å². The summed E-state index contributed by atoms with van der Waals surface area (Å²) in [6.45, 7) is 4.07. The number of carboxylic acids is 1. The molecule has 0 spiro atoms. The van der Waals surface area contributed by atoms with E-state index in [1.165, 1.54) is 4.90 Å². The summed E-state index contributed by atoms with van der Waals surface area (Å²) in [4.78, 5) is 27.2. The van der Waals surface area contributed by atoms with E-state index in [-0.39, 0.29) is 12.5 Å². The minimum Gasteiger partial charge on any atom is -0.480 e. The molecule has 1 aromatic carbocycles. The summed E-state index contributed by atoms with van der Waals surface area (Å²) < 4.78 is 0. The molecule has 0 aromatic heterocycles. The fourth-order valence-corrected chi connectivity index (χ4v) is 2.84. The van der Waals surface area contributed by atoms with Gasteiger partial charge >= 0.3 is 5.97 Å². The zero-order valence-electron chi connectivity index (χ0n) is 12.8. The monoisotopic (exact) mass is 291 g/mol. The van der Waals surface area contributed by atoms with Gasteiger partial charge in [-0.2, -0.15) is 0 Å². The van der Waals surface area contributed by atoms with Gasteiger partial charge < -0.3 is 15.3 Å². The van der Waals surface area contributed by atoms with Crippen molar-refractivity contribution in [2.45, 2.75) is 19.9 Å². The van der Waals surface area contributed by atoms with Crippen molar-refractivity contribution in [1.29, 1.82) is 0 Å². The van der Waals surface area contributed by atoms with E-state index in [2.05, 4.69) is 5.32 Å². The number of anilines is 2. The van der Waals surface area contributed by atoms with Crippen molar-refractivity contribution >= 4 is 23.3 Å². The summed E-state index contributed by atoms with van der Waals surface area (Å²) in [6.07, 6.45) is 0. The number of carbonyl (C=O) groups excluding carboxylic acids is 1. The van der Waals surface area contributed by atoms with Crippen LogP contribution in [0.15, 0.2) is 12.1 Å². The fourth-order valence-electron chi connectivity index (χ4n) is 2.84. The van der Waals surface area contributed by atoms with E-state index in [9.17, 15) is 9.59 Å². The molecule has 0 saturated carbocycles. The van der Waals surface area contributed by atoms with E-state index < -0.39 is 12.0 Å². The lowest BCUT2D eigenvalue weighted by Gasteiger charge is -2.25. The highest BCUT2D eigenvalue weighted by Gasteiger charge is 2.33. The average Bonchev–Trinajstić information content (AvgIpc) is 2.48. The second-order valence-electron chi connectivity index (χ2n) is 5.49. The molecular weight excluding hydrogens is 270 g/mol. The Bertz CT molecular complexity index is 586. The summed E-state index contributed by atoms with van der Waals surface area (Å²) in [5, 5.41) is 12.1. The zero-order chi connectivity index (χ0) is 15.7. The van der Waals surface area contributed by atoms with Crippen LogP contribution in [0.5, 0.6) is 0 Å². The van der Waals surface area contributed by atoms with E-state index >= 15 is 0 Å². The molecule has 114 valence electrons. The molecule has 1 amide bonds. The van der Waals surface area contributed by atoms with Crippen molar-refractivity contribution in [3.8, 4) is 0 Å². The van der Waals surface area contributed by atoms with Crippen LogP contribution < -0.4 is 15.1 Å². The smallest absolute Gasteiger partial charge is 0.323 e. The molecule has 1 atom stereocenters. The van der Waals surface area contributed by atoms with E-state index in [0.717, 1.165) is 16.8 Å². The van der Waals surface area contributed by atoms with Gasteiger partial charge in [0.05, 0.1) is 11.4 Å². The maximum Gasteiger partial charge on any atom is 0.323 e. The first kappa shape index (κ1) is 15.3. The molecule has 0 fully saturated rings. The number of hydrogen-bond donors (Lipinski definition) is 2. The number of hydrogen-bond acceptors (Lipinski definition) is 4. The van der Waals surface area contributed by atoms with Crippen molar-refractivity contribution in [3.05, 3.63) is 23.3 Å². The first-order chi connectivity index (χ1) is 9.85. The Labute approximate surface area is 124 Å². The predicted molar refractivity (Wildman–Crippen MR) is 82.0 cm³/mol. The van der Waals surface area contributed by atoms with E-state index in [1.54, 1.807) is 7.05 Å². The second-order valence-corrected chi connectivity index (χ2v) is 5.49. The normalized spacial score (nSPS) is 18.5. The van der Waals surface area contributed by atoms with Gasteiger partial charge in [0.2, 0.25) is 5.91 Å². The lowest BCUT2D eigenvalue weighted by molar-refractivity contribution is -0.136. The number of benzene rings is 1. The van der Waals surface area contributed by atoms with E-state index in [1.807, 2.05) is 37.9 Å². The van der Waals surface area contributed by atoms with Gasteiger partial charge in [-0.15, -0.1) is 0 Å². The minimum atomic E-state index is -1.02. The highest BCUT2D eigenvalue weighted by atomic mass is 16.4. The molecule has 1 heterocycles. The molecule has 0 radical (unpaired) electrons. The standard InChI is InChI=1S/C15H21N3O3/c1-9-5-10(2)14-12(6-9)17(4)7-11(16-3)15(21)18(14)8-13(19)20/h5-6,11,16H,7-8H2,1-4H3,(H,19,20)/t11-/m0/s1. The molecule has 0 bridgehead atoms. The number of amides is 1. The quantitative estimate of drug-likeness (QED) is 0.860. The molecule has 2 N–H and O–H groups in total. The van der Waals surface area contributed by atoms with Gasteiger partial charge in [-0.25, -0.2) is 0 Å². The van der Waals surface area contributed by atoms with Crippen molar-refractivity contribution in [1.82, 2.24) is 5.32 Å². The van der Waals surface area contributed by atoms with Gasteiger partial charge in [0.25, 0.3) is 0 Å². The average molecular weight is 291 g/mol. The lowest BCUT2D eigenvalue weighted by Crippen LogP contribution is -2.49. The highest BCUT2D eigenvalue weighted by molar-refractivity contribution is 6.05.